The molecular weight excluding hydrogens is 156 g/mol. The molecule has 2 atom stereocenters. The molecule has 1 aliphatic heterocycles. The molecular formula is C5H9O4S-. The Labute approximate surface area is 59.9 Å². The molecule has 5 heteroatoms. The van der Waals surface area contributed by atoms with Crippen molar-refractivity contribution in [3.8, 4) is 0 Å². The molecule has 0 aromatic rings. The smallest absolute Gasteiger partial charge is 0.0973 e. The van der Waals surface area contributed by atoms with E-state index in [2.05, 4.69) is 0 Å². The Bertz CT molecular complexity index is 204. The third kappa shape index (κ3) is 2.24. The van der Waals surface area contributed by atoms with Gasteiger partial charge >= 0.3 is 0 Å². The van der Waals surface area contributed by atoms with Gasteiger partial charge in [-0.15, -0.1) is 0 Å². The van der Waals surface area contributed by atoms with E-state index in [0.29, 0.717) is 13.0 Å². The molecule has 10 heavy (non-hydrogen) atoms. The lowest BCUT2D eigenvalue weighted by molar-refractivity contribution is 0.384. The van der Waals surface area contributed by atoms with E-state index in [0.717, 1.165) is 0 Å². The van der Waals surface area contributed by atoms with Gasteiger partial charge < -0.3 is 9.29 Å². The molecule has 0 saturated carbocycles. The van der Waals surface area contributed by atoms with E-state index in [-0.39, 0.29) is 6.10 Å². The van der Waals surface area contributed by atoms with Gasteiger partial charge in [0.2, 0.25) is 0 Å². The third-order valence-corrected chi connectivity index (χ3v) is 2.67. The maximum atomic E-state index is 10.3. The molecule has 1 heterocycles. The summed E-state index contributed by atoms with van der Waals surface area (Å²) in [6.45, 7) is 2.00. The molecule has 0 aromatic heterocycles. The van der Waals surface area contributed by atoms with E-state index in [1.54, 1.807) is 0 Å². The highest BCUT2D eigenvalue weighted by Crippen LogP contribution is 2.18. The summed E-state index contributed by atoms with van der Waals surface area (Å²) in [4.78, 5) is 0. The summed E-state index contributed by atoms with van der Waals surface area (Å²) in [6.07, 6.45) is 0.352. The minimum absolute atomic E-state index is 0.0127. The molecule has 0 amide bonds. The third-order valence-electron chi connectivity index (χ3n) is 1.49. The van der Waals surface area contributed by atoms with Crippen molar-refractivity contribution in [1.29, 1.82) is 0 Å². The maximum absolute atomic E-state index is 10.3. The zero-order chi connectivity index (χ0) is 7.78. The van der Waals surface area contributed by atoms with Crippen LogP contribution in [0.15, 0.2) is 0 Å². The highest BCUT2D eigenvalue weighted by molar-refractivity contribution is 7.86. The second kappa shape index (κ2) is 2.48. The van der Waals surface area contributed by atoms with Crippen LogP contribution in [0.25, 0.3) is 0 Å². The van der Waals surface area contributed by atoms with Crippen LogP contribution in [-0.4, -0.2) is 30.9 Å². The summed E-state index contributed by atoms with van der Waals surface area (Å²) in [5, 5.41) is -0.806. The van der Waals surface area contributed by atoms with Gasteiger partial charge in [0.1, 0.15) is 0 Å². The Hall–Kier alpha value is -0.130. The van der Waals surface area contributed by atoms with Gasteiger partial charge in [-0.1, -0.05) is 0 Å². The van der Waals surface area contributed by atoms with Crippen LogP contribution in [0.2, 0.25) is 0 Å². The number of epoxide rings is 1. The molecule has 1 rings (SSSR count). The first-order valence-electron chi connectivity index (χ1n) is 3.06. The van der Waals surface area contributed by atoms with Crippen LogP contribution >= 0.6 is 0 Å². The second-order valence-corrected chi connectivity index (χ2v) is 4.28. The first kappa shape index (κ1) is 7.97. The van der Waals surface area contributed by atoms with Crippen molar-refractivity contribution in [2.24, 2.45) is 0 Å². The summed E-state index contributed by atoms with van der Waals surface area (Å²) < 4.78 is 35.6. The molecule has 0 aliphatic carbocycles. The van der Waals surface area contributed by atoms with Crippen molar-refractivity contribution in [3.63, 3.8) is 0 Å². The van der Waals surface area contributed by atoms with Crippen LogP contribution in [0.5, 0.6) is 0 Å². The quantitative estimate of drug-likeness (QED) is 0.425. The van der Waals surface area contributed by atoms with E-state index >= 15 is 0 Å². The van der Waals surface area contributed by atoms with Gasteiger partial charge in [-0.3, -0.25) is 0 Å². The highest BCUT2D eigenvalue weighted by Gasteiger charge is 2.26. The number of ether oxygens (including phenoxy) is 1. The minimum Gasteiger partial charge on any atom is -0.748 e. The Balaban J connectivity index is 2.40. The Morgan fingerprint density at radius 3 is 2.60 bits per heavy atom. The zero-order valence-corrected chi connectivity index (χ0v) is 6.43. The van der Waals surface area contributed by atoms with Gasteiger partial charge in [0.15, 0.2) is 0 Å². The fourth-order valence-corrected chi connectivity index (χ4v) is 1.14. The van der Waals surface area contributed by atoms with Gasteiger partial charge in [-0.05, 0) is 13.3 Å². The summed E-state index contributed by atoms with van der Waals surface area (Å²) in [7, 11) is -4.09. The lowest BCUT2D eigenvalue weighted by Gasteiger charge is -2.13. The van der Waals surface area contributed by atoms with Crippen LogP contribution in [0.3, 0.4) is 0 Å². The monoisotopic (exact) mass is 165 g/mol. The van der Waals surface area contributed by atoms with Crippen molar-refractivity contribution in [2.75, 3.05) is 6.61 Å². The molecule has 4 nitrogen and oxygen atoms in total. The molecule has 1 aliphatic rings. The second-order valence-electron chi connectivity index (χ2n) is 2.49. The van der Waals surface area contributed by atoms with Crippen molar-refractivity contribution >= 4 is 10.1 Å². The van der Waals surface area contributed by atoms with Crippen LogP contribution in [0.4, 0.5) is 0 Å². The van der Waals surface area contributed by atoms with Crippen molar-refractivity contribution < 1.29 is 17.7 Å². The van der Waals surface area contributed by atoms with Crippen molar-refractivity contribution in [2.45, 2.75) is 24.7 Å². The SMILES string of the molecule is CC(CC1CO1)S(=O)(=O)[O-]. The zero-order valence-electron chi connectivity index (χ0n) is 5.61. The average Bonchev–Trinajstić information content (AvgIpc) is 2.47. The molecule has 0 bridgehead atoms. The molecule has 2 unspecified atom stereocenters. The maximum Gasteiger partial charge on any atom is 0.0973 e. The van der Waals surface area contributed by atoms with E-state index in [1.165, 1.54) is 6.92 Å². The van der Waals surface area contributed by atoms with Gasteiger partial charge in [0.25, 0.3) is 0 Å². The fraction of sp³-hybridized carbons (Fsp3) is 1.00. The topological polar surface area (TPSA) is 69.7 Å². The molecule has 1 saturated heterocycles. The minimum atomic E-state index is -4.09. The summed E-state index contributed by atoms with van der Waals surface area (Å²) in [6, 6.07) is 0. The first-order chi connectivity index (χ1) is 4.50. The van der Waals surface area contributed by atoms with Gasteiger partial charge in [0.05, 0.1) is 22.8 Å². The standard InChI is InChI=1S/C5H10O4S/c1-4(10(6,7)8)2-5-3-9-5/h4-5H,2-3H2,1H3,(H,6,7,8)/p-1. The lowest BCUT2D eigenvalue weighted by Crippen LogP contribution is -2.18. The van der Waals surface area contributed by atoms with E-state index < -0.39 is 15.4 Å². The first-order valence-corrected chi connectivity index (χ1v) is 4.53. The van der Waals surface area contributed by atoms with Gasteiger partial charge in [-0.2, -0.15) is 0 Å². The largest absolute Gasteiger partial charge is 0.748 e. The Kier molecular flexibility index (Phi) is 1.98. The predicted molar refractivity (Wildman–Crippen MR) is 33.5 cm³/mol. The molecule has 0 aromatic carbocycles. The van der Waals surface area contributed by atoms with Crippen LogP contribution in [0, 0.1) is 0 Å². The molecule has 0 N–H and O–H groups in total. The summed E-state index contributed by atoms with van der Waals surface area (Å²) in [5.41, 5.74) is 0. The van der Waals surface area contributed by atoms with E-state index in [4.69, 9.17) is 4.74 Å². The van der Waals surface area contributed by atoms with Gasteiger partial charge in [0, 0.05) is 5.25 Å². The summed E-state index contributed by atoms with van der Waals surface area (Å²) >= 11 is 0. The van der Waals surface area contributed by atoms with E-state index in [1.807, 2.05) is 0 Å². The lowest BCUT2D eigenvalue weighted by atomic mass is 10.3. The molecule has 0 spiro atoms. The summed E-state index contributed by atoms with van der Waals surface area (Å²) in [5.74, 6) is 0. The number of hydrogen-bond acceptors (Lipinski definition) is 4. The fourth-order valence-electron chi connectivity index (χ4n) is 0.692. The molecule has 1 fully saturated rings. The normalized spacial score (nSPS) is 28.0. The van der Waals surface area contributed by atoms with E-state index in [9.17, 15) is 13.0 Å². The van der Waals surface area contributed by atoms with Crippen molar-refractivity contribution in [1.82, 2.24) is 0 Å². The Morgan fingerprint density at radius 2 is 2.30 bits per heavy atom. The number of rotatable bonds is 3. The highest BCUT2D eigenvalue weighted by atomic mass is 32.2. The van der Waals surface area contributed by atoms with Crippen molar-refractivity contribution in [3.05, 3.63) is 0 Å². The number of hydrogen-bond donors (Lipinski definition) is 0. The average molecular weight is 165 g/mol. The predicted octanol–water partition coefficient (Wildman–Crippen LogP) is -0.291. The molecule has 0 radical (unpaired) electrons. The van der Waals surface area contributed by atoms with Crippen LogP contribution in [-0.2, 0) is 14.9 Å². The van der Waals surface area contributed by atoms with Gasteiger partial charge in [-0.25, -0.2) is 8.42 Å². The van der Waals surface area contributed by atoms with Crippen LogP contribution in [0.1, 0.15) is 13.3 Å². The molecule has 60 valence electrons. The Morgan fingerprint density at radius 1 is 1.80 bits per heavy atom. The van der Waals surface area contributed by atoms with Crippen LogP contribution < -0.4 is 0 Å².